The molecule has 0 saturated heterocycles. The normalized spacial score (nSPS) is 10.9. The first-order valence-electron chi connectivity index (χ1n) is 5.73. The summed E-state index contributed by atoms with van der Waals surface area (Å²) in [7, 11) is 2.07. The highest BCUT2D eigenvalue weighted by Crippen LogP contribution is 2.04. The van der Waals surface area contributed by atoms with Gasteiger partial charge in [0.25, 0.3) is 0 Å². The minimum Gasteiger partial charge on any atom is -0.396 e. The van der Waals surface area contributed by atoms with Gasteiger partial charge in [-0.05, 0) is 45.0 Å². The van der Waals surface area contributed by atoms with Crippen molar-refractivity contribution in [2.24, 2.45) is 0 Å². The Morgan fingerprint density at radius 3 is 2.81 bits per heavy atom. The second kappa shape index (κ2) is 7.19. The number of nitrogen functional groups attached to an aromatic ring is 1. The van der Waals surface area contributed by atoms with Crippen LogP contribution in [0.2, 0.25) is 0 Å². The molecule has 0 radical (unpaired) electrons. The van der Waals surface area contributed by atoms with Gasteiger partial charge in [-0.1, -0.05) is 6.07 Å². The summed E-state index contributed by atoms with van der Waals surface area (Å²) >= 11 is 0. The highest BCUT2D eigenvalue weighted by atomic mass is 16.2. The quantitative estimate of drug-likeness (QED) is 0.683. The predicted octanol–water partition coefficient (Wildman–Crippen LogP) is 1.26. The van der Waals surface area contributed by atoms with E-state index in [2.05, 4.69) is 16.9 Å². The minimum atomic E-state index is 0.292. The molecule has 3 N–H and O–H groups in total. The first-order chi connectivity index (χ1) is 7.72. The van der Waals surface area contributed by atoms with E-state index in [0.29, 0.717) is 12.4 Å². The fourth-order valence-corrected chi connectivity index (χ4v) is 1.61. The molecule has 0 aliphatic carbocycles. The average molecular weight is 223 g/mol. The molecule has 0 saturated carbocycles. The summed E-state index contributed by atoms with van der Waals surface area (Å²) in [5, 5.41) is 8.66. The summed E-state index contributed by atoms with van der Waals surface area (Å²) in [6, 6.07) is 5.71. The van der Waals surface area contributed by atoms with Crippen molar-refractivity contribution in [2.45, 2.75) is 25.8 Å². The number of aliphatic hydroxyl groups excluding tert-OH is 1. The van der Waals surface area contributed by atoms with E-state index in [-0.39, 0.29) is 0 Å². The predicted molar refractivity (Wildman–Crippen MR) is 65.9 cm³/mol. The molecule has 0 spiro atoms. The van der Waals surface area contributed by atoms with Crippen LogP contribution in [0.1, 0.15) is 25.0 Å². The molecule has 0 unspecified atom stereocenters. The van der Waals surface area contributed by atoms with E-state index >= 15 is 0 Å². The van der Waals surface area contributed by atoms with Crippen molar-refractivity contribution in [1.29, 1.82) is 0 Å². The van der Waals surface area contributed by atoms with Crippen LogP contribution in [0, 0.1) is 0 Å². The van der Waals surface area contributed by atoms with Crippen LogP contribution in [0.3, 0.4) is 0 Å². The zero-order valence-electron chi connectivity index (χ0n) is 9.89. The molecule has 0 amide bonds. The van der Waals surface area contributed by atoms with E-state index in [1.165, 1.54) is 0 Å². The SMILES string of the molecule is CN(CCCCCO)Cc1cccc(N)n1. The molecule has 0 aliphatic rings. The van der Waals surface area contributed by atoms with Crippen LogP contribution in [0.25, 0.3) is 0 Å². The van der Waals surface area contributed by atoms with E-state index in [1.54, 1.807) is 6.07 Å². The van der Waals surface area contributed by atoms with Crippen LogP contribution in [0.4, 0.5) is 5.82 Å². The Morgan fingerprint density at radius 2 is 2.12 bits per heavy atom. The number of unbranched alkanes of at least 4 members (excludes halogenated alkanes) is 2. The summed E-state index contributed by atoms with van der Waals surface area (Å²) < 4.78 is 0. The van der Waals surface area contributed by atoms with Gasteiger partial charge in [0.2, 0.25) is 0 Å². The van der Waals surface area contributed by atoms with Gasteiger partial charge < -0.3 is 15.7 Å². The maximum absolute atomic E-state index is 8.66. The Kier molecular flexibility index (Phi) is 5.82. The lowest BCUT2D eigenvalue weighted by atomic mass is 10.2. The number of pyridine rings is 1. The Labute approximate surface area is 97.1 Å². The third-order valence-electron chi connectivity index (χ3n) is 2.46. The van der Waals surface area contributed by atoms with Crippen molar-refractivity contribution < 1.29 is 5.11 Å². The molecular formula is C12H21N3O. The Bertz CT molecular complexity index is 304. The molecule has 1 rings (SSSR count). The maximum atomic E-state index is 8.66. The lowest BCUT2D eigenvalue weighted by molar-refractivity contribution is 0.270. The van der Waals surface area contributed by atoms with Crippen molar-refractivity contribution >= 4 is 5.82 Å². The Morgan fingerprint density at radius 1 is 1.31 bits per heavy atom. The summed E-state index contributed by atoms with van der Waals surface area (Å²) in [6.45, 7) is 2.14. The van der Waals surface area contributed by atoms with Gasteiger partial charge in [-0.2, -0.15) is 0 Å². The van der Waals surface area contributed by atoms with E-state index < -0.39 is 0 Å². The Balaban J connectivity index is 2.25. The molecular weight excluding hydrogens is 202 g/mol. The lowest BCUT2D eigenvalue weighted by Gasteiger charge is -2.15. The fraction of sp³-hybridized carbons (Fsp3) is 0.583. The third-order valence-corrected chi connectivity index (χ3v) is 2.46. The summed E-state index contributed by atoms with van der Waals surface area (Å²) in [6.07, 6.45) is 3.08. The lowest BCUT2D eigenvalue weighted by Crippen LogP contribution is -2.20. The van der Waals surface area contributed by atoms with Crippen molar-refractivity contribution in [2.75, 3.05) is 25.9 Å². The fourth-order valence-electron chi connectivity index (χ4n) is 1.61. The minimum absolute atomic E-state index is 0.292. The largest absolute Gasteiger partial charge is 0.396 e. The topological polar surface area (TPSA) is 62.4 Å². The molecule has 1 aromatic heterocycles. The molecule has 1 aromatic rings. The first kappa shape index (κ1) is 12.9. The van der Waals surface area contributed by atoms with Crippen molar-refractivity contribution in [3.8, 4) is 0 Å². The molecule has 16 heavy (non-hydrogen) atoms. The number of aromatic nitrogens is 1. The summed E-state index contributed by atoms with van der Waals surface area (Å²) in [5.41, 5.74) is 6.62. The molecule has 90 valence electrons. The van der Waals surface area contributed by atoms with Gasteiger partial charge in [-0.3, -0.25) is 0 Å². The van der Waals surface area contributed by atoms with Gasteiger partial charge >= 0.3 is 0 Å². The molecule has 1 heterocycles. The first-order valence-corrected chi connectivity index (χ1v) is 5.73. The second-order valence-electron chi connectivity index (χ2n) is 4.08. The van der Waals surface area contributed by atoms with Gasteiger partial charge in [0.05, 0.1) is 5.69 Å². The number of hydrogen-bond donors (Lipinski definition) is 2. The van der Waals surface area contributed by atoms with E-state index in [0.717, 1.165) is 38.0 Å². The van der Waals surface area contributed by atoms with Crippen LogP contribution in [0.5, 0.6) is 0 Å². The highest BCUT2D eigenvalue weighted by molar-refractivity contribution is 5.28. The number of aliphatic hydroxyl groups is 1. The van der Waals surface area contributed by atoms with Gasteiger partial charge in [0.15, 0.2) is 0 Å². The van der Waals surface area contributed by atoms with Crippen LogP contribution < -0.4 is 5.73 Å². The monoisotopic (exact) mass is 223 g/mol. The standard InChI is InChI=1S/C12H21N3O/c1-15(8-3-2-4-9-16)10-11-6-5-7-12(13)14-11/h5-7,16H,2-4,8-10H2,1H3,(H2,13,14). The molecule has 0 aromatic carbocycles. The van der Waals surface area contributed by atoms with Crippen molar-refractivity contribution in [3.05, 3.63) is 23.9 Å². The molecule has 0 atom stereocenters. The van der Waals surface area contributed by atoms with Crippen LogP contribution in [-0.2, 0) is 6.54 Å². The number of nitrogens with two attached hydrogens (primary N) is 1. The van der Waals surface area contributed by atoms with E-state index in [9.17, 15) is 0 Å². The van der Waals surface area contributed by atoms with Gasteiger partial charge in [0, 0.05) is 13.2 Å². The number of nitrogens with zero attached hydrogens (tertiary/aromatic N) is 2. The average Bonchev–Trinajstić information content (AvgIpc) is 2.24. The maximum Gasteiger partial charge on any atom is 0.123 e. The highest BCUT2D eigenvalue weighted by Gasteiger charge is 2.01. The second-order valence-corrected chi connectivity index (χ2v) is 4.08. The summed E-state index contributed by atoms with van der Waals surface area (Å²) in [5.74, 6) is 0.575. The Hall–Kier alpha value is -1.13. The van der Waals surface area contributed by atoms with Crippen LogP contribution in [0.15, 0.2) is 18.2 Å². The zero-order valence-corrected chi connectivity index (χ0v) is 9.89. The van der Waals surface area contributed by atoms with Crippen LogP contribution in [-0.4, -0.2) is 35.2 Å². The van der Waals surface area contributed by atoms with Gasteiger partial charge in [-0.15, -0.1) is 0 Å². The number of anilines is 1. The van der Waals surface area contributed by atoms with E-state index in [1.807, 2.05) is 12.1 Å². The third kappa shape index (κ3) is 5.09. The van der Waals surface area contributed by atoms with Crippen LogP contribution >= 0.6 is 0 Å². The molecule has 4 heteroatoms. The smallest absolute Gasteiger partial charge is 0.123 e. The van der Waals surface area contributed by atoms with E-state index in [4.69, 9.17) is 10.8 Å². The van der Waals surface area contributed by atoms with Gasteiger partial charge in [0.1, 0.15) is 5.82 Å². The zero-order chi connectivity index (χ0) is 11.8. The molecule has 0 aliphatic heterocycles. The number of rotatable bonds is 7. The molecule has 0 bridgehead atoms. The molecule has 4 nitrogen and oxygen atoms in total. The van der Waals surface area contributed by atoms with Crippen molar-refractivity contribution in [3.63, 3.8) is 0 Å². The molecule has 0 fully saturated rings. The van der Waals surface area contributed by atoms with Crippen molar-refractivity contribution in [1.82, 2.24) is 9.88 Å². The van der Waals surface area contributed by atoms with Gasteiger partial charge in [-0.25, -0.2) is 4.98 Å². The number of hydrogen-bond acceptors (Lipinski definition) is 4. The summed E-state index contributed by atoms with van der Waals surface area (Å²) in [4.78, 5) is 6.48.